The zero-order valence-corrected chi connectivity index (χ0v) is 16.3. The summed E-state index contributed by atoms with van der Waals surface area (Å²) in [4.78, 5) is 42.2. The molecule has 1 atom stereocenters. The largest absolute Gasteiger partial charge is 0.497 e. The van der Waals surface area contributed by atoms with Crippen molar-refractivity contribution in [3.63, 3.8) is 0 Å². The van der Waals surface area contributed by atoms with Crippen molar-refractivity contribution in [1.82, 2.24) is 15.6 Å². The number of hydrogen-bond acceptors (Lipinski definition) is 5. The molecule has 0 saturated carbocycles. The first-order valence-electron chi connectivity index (χ1n) is 9.44. The van der Waals surface area contributed by atoms with Gasteiger partial charge in [-0.05, 0) is 35.9 Å². The van der Waals surface area contributed by atoms with E-state index in [-0.39, 0.29) is 37.1 Å². The van der Waals surface area contributed by atoms with E-state index >= 15 is 0 Å². The summed E-state index contributed by atoms with van der Waals surface area (Å²) in [6.45, 7) is 0.948. The van der Waals surface area contributed by atoms with Crippen LogP contribution >= 0.6 is 0 Å². The second-order valence-electron chi connectivity index (χ2n) is 6.78. The second kappa shape index (κ2) is 9.68. The minimum atomic E-state index is -0.428. The van der Waals surface area contributed by atoms with Crippen LogP contribution in [0.3, 0.4) is 0 Å². The van der Waals surface area contributed by atoms with Gasteiger partial charge < -0.3 is 20.3 Å². The maximum Gasteiger partial charge on any atom is 0.227 e. The third-order valence-electron chi connectivity index (χ3n) is 4.74. The predicted octanol–water partition coefficient (Wildman–Crippen LogP) is 1.27. The summed E-state index contributed by atoms with van der Waals surface area (Å²) >= 11 is 0. The number of carbonyl (C=O) groups is 3. The first-order valence-corrected chi connectivity index (χ1v) is 9.44. The Morgan fingerprint density at radius 1 is 1.21 bits per heavy atom. The number of carbonyl (C=O) groups excluding carboxylic acids is 3. The molecule has 0 bridgehead atoms. The van der Waals surface area contributed by atoms with Gasteiger partial charge in [0.2, 0.25) is 17.7 Å². The molecule has 8 heteroatoms. The Bertz CT molecular complexity index is 855. The molecular formula is C21H24N4O4. The lowest BCUT2D eigenvalue weighted by Crippen LogP contribution is -2.35. The van der Waals surface area contributed by atoms with Crippen LogP contribution in [0.2, 0.25) is 0 Å². The Morgan fingerprint density at radius 3 is 2.69 bits per heavy atom. The number of aromatic nitrogens is 1. The lowest BCUT2D eigenvalue weighted by atomic mass is 10.1. The number of rotatable bonds is 8. The van der Waals surface area contributed by atoms with Gasteiger partial charge >= 0.3 is 0 Å². The van der Waals surface area contributed by atoms with E-state index in [1.165, 1.54) is 0 Å². The summed E-state index contributed by atoms with van der Waals surface area (Å²) in [5, 5.41) is 5.54. The molecule has 1 aromatic heterocycles. The standard InChI is InChI=1S/C21H24N4O4/c1-29-18-6-4-17(5-7-18)25-14-16(11-20(25)27)21(28)23-10-8-19(26)24-13-15-3-2-9-22-12-15/h2-7,9,12,16H,8,10-11,13-14H2,1H3,(H,23,28)(H,24,26)/t16-/m1/s1. The van der Waals surface area contributed by atoms with Crippen molar-refractivity contribution in [3.8, 4) is 5.75 Å². The van der Waals surface area contributed by atoms with Crippen LogP contribution in [0, 0.1) is 5.92 Å². The lowest BCUT2D eigenvalue weighted by molar-refractivity contribution is -0.126. The van der Waals surface area contributed by atoms with Gasteiger partial charge in [0.1, 0.15) is 5.75 Å². The molecule has 152 valence electrons. The van der Waals surface area contributed by atoms with E-state index in [9.17, 15) is 14.4 Å². The topological polar surface area (TPSA) is 101 Å². The summed E-state index contributed by atoms with van der Waals surface area (Å²) in [6.07, 6.45) is 3.69. The summed E-state index contributed by atoms with van der Waals surface area (Å²) in [6, 6.07) is 10.8. The van der Waals surface area contributed by atoms with Gasteiger partial charge in [-0.1, -0.05) is 6.07 Å². The van der Waals surface area contributed by atoms with E-state index < -0.39 is 5.92 Å². The van der Waals surface area contributed by atoms with Gasteiger partial charge in [0, 0.05) is 50.6 Å². The molecule has 1 saturated heterocycles. The predicted molar refractivity (Wildman–Crippen MR) is 107 cm³/mol. The molecule has 3 amide bonds. The van der Waals surface area contributed by atoms with Crippen molar-refractivity contribution in [1.29, 1.82) is 0 Å². The smallest absolute Gasteiger partial charge is 0.227 e. The van der Waals surface area contributed by atoms with Crippen LogP contribution in [0.25, 0.3) is 0 Å². The summed E-state index contributed by atoms with van der Waals surface area (Å²) in [7, 11) is 1.58. The van der Waals surface area contributed by atoms with Crippen molar-refractivity contribution in [3.05, 3.63) is 54.4 Å². The Kier molecular flexibility index (Phi) is 6.78. The monoisotopic (exact) mass is 396 g/mol. The van der Waals surface area contributed by atoms with E-state index in [1.807, 2.05) is 6.07 Å². The third-order valence-corrected chi connectivity index (χ3v) is 4.74. The fourth-order valence-electron chi connectivity index (χ4n) is 3.13. The minimum Gasteiger partial charge on any atom is -0.497 e. The molecule has 3 rings (SSSR count). The van der Waals surface area contributed by atoms with Gasteiger partial charge in [-0.3, -0.25) is 19.4 Å². The van der Waals surface area contributed by atoms with Gasteiger partial charge in [0.05, 0.1) is 13.0 Å². The average Bonchev–Trinajstić information content (AvgIpc) is 3.15. The van der Waals surface area contributed by atoms with Crippen LogP contribution in [0.1, 0.15) is 18.4 Å². The molecule has 0 aliphatic carbocycles. The van der Waals surface area contributed by atoms with E-state index in [0.29, 0.717) is 18.8 Å². The summed E-state index contributed by atoms with van der Waals surface area (Å²) < 4.78 is 5.12. The molecule has 1 aromatic carbocycles. The molecule has 1 aliphatic heterocycles. The minimum absolute atomic E-state index is 0.0930. The number of amides is 3. The van der Waals surface area contributed by atoms with Gasteiger partial charge in [-0.2, -0.15) is 0 Å². The molecule has 2 N–H and O–H groups in total. The van der Waals surface area contributed by atoms with E-state index in [0.717, 1.165) is 11.3 Å². The zero-order chi connectivity index (χ0) is 20.6. The van der Waals surface area contributed by atoms with Crippen LogP contribution in [0.4, 0.5) is 5.69 Å². The van der Waals surface area contributed by atoms with Crippen LogP contribution in [-0.2, 0) is 20.9 Å². The number of pyridine rings is 1. The number of nitrogens with zero attached hydrogens (tertiary/aromatic N) is 2. The van der Waals surface area contributed by atoms with Crippen molar-refractivity contribution in [2.24, 2.45) is 5.92 Å². The Morgan fingerprint density at radius 2 is 2.00 bits per heavy atom. The number of nitrogens with one attached hydrogen (secondary N) is 2. The molecular weight excluding hydrogens is 372 g/mol. The maximum atomic E-state index is 12.4. The molecule has 2 aromatic rings. The summed E-state index contributed by atoms with van der Waals surface area (Å²) in [5.74, 6) is -0.185. The van der Waals surface area contributed by atoms with E-state index in [2.05, 4.69) is 15.6 Å². The molecule has 1 aliphatic rings. The first kappa shape index (κ1) is 20.3. The molecule has 0 spiro atoms. The fraction of sp³-hybridized carbons (Fsp3) is 0.333. The number of ether oxygens (including phenoxy) is 1. The van der Waals surface area contributed by atoms with Crippen molar-refractivity contribution in [2.45, 2.75) is 19.4 Å². The Balaban J connectivity index is 1.41. The quantitative estimate of drug-likeness (QED) is 0.700. The highest BCUT2D eigenvalue weighted by molar-refractivity contribution is 6.00. The molecule has 8 nitrogen and oxygen atoms in total. The molecule has 2 heterocycles. The highest BCUT2D eigenvalue weighted by Crippen LogP contribution is 2.26. The van der Waals surface area contributed by atoms with Gasteiger partial charge in [-0.15, -0.1) is 0 Å². The SMILES string of the molecule is COc1ccc(N2C[C@H](C(=O)NCCC(=O)NCc3cccnc3)CC2=O)cc1. The average molecular weight is 396 g/mol. The fourth-order valence-corrected chi connectivity index (χ4v) is 3.13. The number of methoxy groups -OCH3 is 1. The molecule has 0 unspecified atom stereocenters. The summed E-state index contributed by atoms with van der Waals surface area (Å²) in [5.41, 5.74) is 1.65. The van der Waals surface area contributed by atoms with E-state index in [1.54, 1.807) is 54.7 Å². The maximum absolute atomic E-state index is 12.4. The number of anilines is 1. The third kappa shape index (κ3) is 5.54. The normalized spacial score (nSPS) is 15.8. The van der Waals surface area contributed by atoms with Crippen molar-refractivity contribution < 1.29 is 19.1 Å². The van der Waals surface area contributed by atoms with Crippen LogP contribution in [-0.4, -0.2) is 42.9 Å². The van der Waals surface area contributed by atoms with Gasteiger partial charge in [0.15, 0.2) is 0 Å². The van der Waals surface area contributed by atoms with Crippen molar-refractivity contribution >= 4 is 23.4 Å². The highest BCUT2D eigenvalue weighted by Gasteiger charge is 2.35. The van der Waals surface area contributed by atoms with Crippen LogP contribution < -0.4 is 20.3 Å². The zero-order valence-electron chi connectivity index (χ0n) is 16.3. The van der Waals surface area contributed by atoms with Crippen LogP contribution in [0.15, 0.2) is 48.8 Å². The Hall–Kier alpha value is -3.42. The van der Waals surface area contributed by atoms with Crippen molar-refractivity contribution in [2.75, 3.05) is 25.1 Å². The Labute approximate surface area is 169 Å². The van der Waals surface area contributed by atoms with Gasteiger partial charge in [0.25, 0.3) is 0 Å². The molecule has 29 heavy (non-hydrogen) atoms. The first-order chi connectivity index (χ1) is 14.1. The lowest BCUT2D eigenvalue weighted by Gasteiger charge is -2.17. The second-order valence-corrected chi connectivity index (χ2v) is 6.78. The molecule has 0 radical (unpaired) electrons. The number of hydrogen-bond donors (Lipinski definition) is 2. The number of benzene rings is 1. The van der Waals surface area contributed by atoms with Crippen LogP contribution in [0.5, 0.6) is 5.75 Å². The van der Waals surface area contributed by atoms with E-state index in [4.69, 9.17) is 4.74 Å². The molecule has 1 fully saturated rings. The van der Waals surface area contributed by atoms with Gasteiger partial charge in [-0.25, -0.2) is 0 Å². The highest BCUT2D eigenvalue weighted by atomic mass is 16.5.